The van der Waals surface area contributed by atoms with Gasteiger partial charge in [0, 0.05) is 50.5 Å². The molecule has 5 nitrogen and oxygen atoms in total. The Hall–Kier alpha value is -2.27. The molecular weight excluding hydrogens is 372 g/mol. The van der Waals surface area contributed by atoms with Crippen molar-refractivity contribution in [3.8, 4) is 0 Å². The van der Waals surface area contributed by atoms with E-state index < -0.39 is 0 Å². The van der Waals surface area contributed by atoms with Crippen LogP contribution in [-0.4, -0.2) is 37.1 Å². The lowest BCUT2D eigenvalue weighted by atomic mass is 9.95. The van der Waals surface area contributed by atoms with Gasteiger partial charge in [-0.25, -0.2) is 4.98 Å². The Morgan fingerprint density at radius 3 is 2.50 bits per heavy atom. The van der Waals surface area contributed by atoms with Crippen molar-refractivity contribution in [1.82, 2.24) is 10.3 Å². The molecule has 0 aliphatic carbocycles. The standard InChI is InChI=1S/C22H27ClN4O/c23-19-7-8-21(24-16-19)27-13-9-17(10-14-27)22(28)25-15-18-5-1-2-6-20(18)26-11-3-4-12-26/h1-2,5-8,16-17H,3-4,9-15H2,(H,25,28). The van der Waals surface area contributed by atoms with E-state index in [4.69, 9.17) is 11.6 Å². The maximum Gasteiger partial charge on any atom is 0.223 e. The molecule has 2 saturated heterocycles. The number of amides is 1. The fraction of sp³-hybridized carbons (Fsp3) is 0.455. The molecule has 0 bridgehead atoms. The van der Waals surface area contributed by atoms with E-state index in [1.165, 1.54) is 24.1 Å². The van der Waals surface area contributed by atoms with Crippen LogP contribution in [0, 0.1) is 5.92 Å². The van der Waals surface area contributed by atoms with Gasteiger partial charge in [-0.2, -0.15) is 0 Å². The lowest BCUT2D eigenvalue weighted by Crippen LogP contribution is -2.40. The number of halogens is 1. The molecule has 28 heavy (non-hydrogen) atoms. The van der Waals surface area contributed by atoms with E-state index in [1.807, 2.05) is 12.1 Å². The van der Waals surface area contributed by atoms with Crippen molar-refractivity contribution in [2.24, 2.45) is 5.92 Å². The number of piperidine rings is 1. The van der Waals surface area contributed by atoms with Gasteiger partial charge in [-0.1, -0.05) is 29.8 Å². The van der Waals surface area contributed by atoms with Gasteiger partial charge in [0.15, 0.2) is 0 Å². The average Bonchev–Trinajstić information content (AvgIpc) is 3.28. The summed E-state index contributed by atoms with van der Waals surface area (Å²) in [5.74, 6) is 1.17. The van der Waals surface area contributed by atoms with Gasteiger partial charge in [0.05, 0.1) is 5.02 Å². The van der Waals surface area contributed by atoms with Crippen LogP contribution in [0.4, 0.5) is 11.5 Å². The molecule has 4 rings (SSSR count). The largest absolute Gasteiger partial charge is 0.371 e. The Balaban J connectivity index is 1.30. The summed E-state index contributed by atoms with van der Waals surface area (Å²) >= 11 is 5.92. The summed E-state index contributed by atoms with van der Waals surface area (Å²) in [6.07, 6.45) is 5.88. The monoisotopic (exact) mass is 398 g/mol. The molecule has 2 fully saturated rings. The number of hydrogen-bond acceptors (Lipinski definition) is 4. The van der Waals surface area contributed by atoms with Gasteiger partial charge >= 0.3 is 0 Å². The summed E-state index contributed by atoms with van der Waals surface area (Å²) in [6, 6.07) is 12.2. The van der Waals surface area contributed by atoms with E-state index in [2.05, 4.69) is 44.4 Å². The molecule has 1 amide bonds. The second-order valence-electron chi connectivity index (χ2n) is 7.64. The van der Waals surface area contributed by atoms with Gasteiger partial charge in [-0.15, -0.1) is 0 Å². The second-order valence-corrected chi connectivity index (χ2v) is 8.07. The number of nitrogens with one attached hydrogen (secondary N) is 1. The molecule has 3 heterocycles. The number of para-hydroxylation sites is 1. The van der Waals surface area contributed by atoms with Crippen molar-refractivity contribution in [3.63, 3.8) is 0 Å². The average molecular weight is 399 g/mol. The van der Waals surface area contributed by atoms with Crippen molar-refractivity contribution in [2.75, 3.05) is 36.0 Å². The molecule has 1 aromatic carbocycles. The third-order valence-corrected chi connectivity index (χ3v) is 6.02. The fourth-order valence-electron chi connectivity index (χ4n) is 4.18. The van der Waals surface area contributed by atoms with Crippen molar-refractivity contribution in [3.05, 3.63) is 53.2 Å². The van der Waals surface area contributed by atoms with Crippen LogP contribution in [-0.2, 0) is 11.3 Å². The molecule has 0 saturated carbocycles. The Morgan fingerprint density at radius 2 is 1.79 bits per heavy atom. The van der Waals surface area contributed by atoms with E-state index in [1.54, 1.807) is 6.20 Å². The van der Waals surface area contributed by atoms with Gasteiger partial charge in [0.25, 0.3) is 0 Å². The van der Waals surface area contributed by atoms with Crippen LogP contribution in [0.1, 0.15) is 31.2 Å². The Morgan fingerprint density at radius 1 is 1.04 bits per heavy atom. The molecule has 0 spiro atoms. The lowest BCUT2D eigenvalue weighted by Gasteiger charge is -2.32. The number of benzene rings is 1. The van der Waals surface area contributed by atoms with Crippen LogP contribution < -0.4 is 15.1 Å². The van der Waals surface area contributed by atoms with Gasteiger partial charge in [-0.3, -0.25) is 4.79 Å². The van der Waals surface area contributed by atoms with E-state index >= 15 is 0 Å². The molecule has 1 N–H and O–H groups in total. The minimum atomic E-state index is 0.0718. The predicted molar refractivity (Wildman–Crippen MR) is 114 cm³/mol. The summed E-state index contributed by atoms with van der Waals surface area (Å²) < 4.78 is 0. The lowest BCUT2D eigenvalue weighted by molar-refractivity contribution is -0.125. The zero-order chi connectivity index (χ0) is 19.3. The highest BCUT2D eigenvalue weighted by Gasteiger charge is 2.25. The SMILES string of the molecule is O=C(NCc1ccccc1N1CCCC1)C1CCN(c2ccc(Cl)cn2)CC1. The second kappa shape index (κ2) is 8.82. The summed E-state index contributed by atoms with van der Waals surface area (Å²) in [4.78, 5) is 21.8. The first-order valence-corrected chi connectivity index (χ1v) is 10.6. The number of nitrogens with zero attached hydrogens (tertiary/aromatic N) is 3. The topological polar surface area (TPSA) is 48.5 Å². The summed E-state index contributed by atoms with van der Waals surface area (Å²) in [7, 11) is 0. The molecule has 1 aromatic heterocycles. The smallest absolute Gasteiger partial charge is 0.223 e. The Kier molecular flexibility index (Phi) is 6.01. The number of carbonyl (C=O) groups excluding carboxylic acids is 1. The van der Waals surface area contributed by atoms with Crippen LogP contribution in [0.3, 0.4) is 0 Å². The number of aromatic nitrogens is 1. The van der Waals surface area contributed by atoms with Crippen LogP contribution in [0.5, 0.6) is 0 Å². The molecule has 2 aromatic rings. The molecule has 0 unspecified atom stereocenters. The zero-order valence-corrected chi connectivity index (χ0v) is 16.9. The summed E-state index contributed by atoms with van der Waals surface area (Å²) in [5.41, 5.74) is 2.48. The number of carbonyl (C=O) groups is 1. The third-order valence-electron chi connectivity index (χ3n) is 5.79. The zero-order valence-electron chi connectivity index (χ0n) is 16.1. The first-order chi connectivity index (χ1) is 13.7. The highest BCUT2D eigenvalue weighted by Crippen LogP contribution is 2.26. The van der Waals surface area contributed by atoms with E-state index in [-0.39, 0.29) is 11.8 Å². The number of rotatable bonds is 5. The predicted octanol–water partition coefficient (Wildman–Crippen LogP) is 3.87. The van der Waals surface area contributed by atoms with Crippen LogP contribution >= 0.6 is 11.6 Å². The Bertz CT molecular complexity index is 796. The molecule has 0 atom stereocenters. The maximum atomic E-state index is 12.7. The van der Waals surface area contributed by atoms with Crippen molar-refractivity contribution in [1.29, 1.82) is 0 Å². The van der Waals surface area contributed by atoms with Gasteiger partial charge in [0.1, 0.15) is 5.82 Å². The normalized spacial score (nSPS) is 17.8. The fourth-order valence-corrected chi connectivity index (χ4v) is 4.29. The highest BCUT2D eigenvalue weighted by atomic mass is 35.5. The Labute approximate surface area is 171 Å². The molecule has 2 aliphatic rings. The summed E-state index contributed by atoms with van der Waals surface area (Å²) in [5, 5.41) is 3.82. The number of pyridine rings is 1. The first kappa shape index (κ1) is 19.1. The molecular formula is C22H27ClN4O. The molecule has 148 valence electrons. The quantitative estimate of drug-likeness (QED) is 0.830. The van der Waals surface area contributed by atoms with Gasteiger partial charge < -0.3 is 15.1 Å². The minimum absolute atomic E-state index is 0.0718. The highest BCUT2D eigenvalue weighted by molar-refractivity contribution is 6.30. The third kappa shape index (κ3) is 4.41. The first-order valence-electron chi connectivity index (χ1n) is 10.2. The summed E-state index contributed by atoms with van der Waals surface area (Å²) in [6.45, 7) is 4.52. The van der Waals surface area contributed by atoms with Crippen molar-refractivity contribution >= 4 is 29.0 Å². The van der Waals surface area contributed by atoms with E-state index in [0.717, 1.165) is 44.8 Å². The molecule has 6 heteroatoms. The van der Waals surface area contributed by atoms with E-state index in [9.17, 15) is 4.79 Å². The van der Waals surface area contributed by atoms with Crippen LogP contribution in [0.25, 0.3) is 0 Å². The number of hydrogen-bond donors (Lipinski definition) is 1. The van der Waals surface area contributed by atoms with Gasteiger partial charge in [-0.05, 0) is 49.4 Å². The van der Waals surface area contributed by atoms with Crippen LogP contribution in [0.15, 0.2) is 42.6 Å². The van der Waals surface area contributed by atoms with Crippen LogP contribution in [0.2, 0.25) is 5.02 Å². The molecule has 0 radical (unpaired) electrons. The van der Waals surface area contributed by atoms with Crippen molar-refractivity contribution in [2.45, 2.75) is 32.2 Å². The molecule has 2 aliphatic heterocycles. The number of anilines is 2. The van der Waals surface area contributed by atoms with E-state index in [0.29, 0.717) is 11.6 Å². The van der Waals surface area contributed by atoms with Gasteiger partial charge in [0.2, 0.25) is 5.91 Å². The minimum Gasteiger partial charge on any atom is -0.371 e. The van der Waals surface area contributed by atoms with Crippen molar-refractivity contribution < 1.29 is 4.79 Å². The maximum absolute atomic E-state index is 12.7.